The van der Waals surface area contributed by atoms with Crippen LogP contribution in [-0.2, 0) is 4.79 Å². The van der Waals surface area contributed by atoms with Crippen LogP contribution in [0.15, 0.2) is 30.6 Å². The zero-order valence-electron chi connectivity index (χ0n) is 11.4. The van der Waals surface area contributed by atoms with Gasteiger partial charge in [-0.05, 0) is 24.5 Å². The molecular formula is C14H17FN4O. The second-order valence-corrected chi connectivity index (χ2v) is 4.79. The van der Waals surface area contributed by atoms with Gasteiger partial charge in [-0.3, -0.25) is 9.89 Å². The summed E-state index contributed by atoms with van der Waals surface area (Å²) in [5.41, 5.74) is 0.551. The highest BCUT2D eigenvalue weighted by Gasteiger charge is 2.17. The third-order valence-electron chi connectivity index (χ3n) is 3.15. The van der Waals surface area contributed by atoms with Gasteiger partial charge < -0.3 is 5.32 Å². The van der Waals surface area contributed by atoms with E-state index < -0.39 is 0 Å². The number of nitrogens with one attached hydrogen (secondary N) is 2. The summed E-state index contributed by atoms with van der Waals surface area (Å²) in [4.78, 5) is 15.9. The second-order valence-electron chi connectivity index (χ2n) is 4.79. The molecule has 6 heteroatoms. The van der Waals surface area contributed by atoms with E-state index in [4.69, 9.17) is 0 Å². The van der Waals surface area contributed by atoms with Crippen LogP contribution in [0.25, 0.3) is 0 Å². The quantitative estimate of drug-likeness (QED) is 0.880. The van der Waals surface area contributed by atoms with E-state index in [-0.39, 0.29) is 30.1 Å². The molecule has 0 unspecified atom stereocenters. The first-order chi connectivity index (χ1) is 9.58. The van der Waals surface area contributed by atoms with Crippen LogP contribution < -0.4 is 5.32 Å². The molecule has 0 fully saturated rings. The molecule has 1 aromatic heterocycles. The summed E-state index contributed by atoms with van der Waals surface area (Å²) < 4.78 is 13.6. The minimum Gasteiger partial charge on any atom is -0.346 e. The van der Waals surface area contributed by atoms with Gasteiger partial charge in [-0.2, -0.15) is 5.10 Å². The minimum absolute atomic E-state index is 0.148. The van der Waals surface area contributed by atoms with Gasteiger partial charge in [0.1, 0.15) is 18.0 Å². The molecule has 0 bridgehead atoms. The number of aromatic nitrogens is 3. The molecule has 0 saturated heterocycles. The van der Waals surface area contributed by atoms with Crippen molar-refractivity contribution < 1.29 is 9.18 Å². The summed E-state index contributed by atoms with van der Waals surface area (Å²) in [5, 5.41) is 9.24. The Kier molecular flexibility index (Phi) is 4.45. The van der Waals surface area contributed by atoms with Gasteiger partial charge in [0, 0.05) is 6.42 Å². The topological polar surface area (TPSA) is 70.7 Å². The van der Waals surface area contributed by atoms with Crippen molar-refractivity contribution in [2.45, 2.75) is 32.2 Å². The van der Waals surface area contributed by atoms with Crippen LogP contribution in [0.2, 0.25) is 0 Å². The number of carbonyl (C=O) groups excluding carboxylic acids is 1. The largest absolute Gasteiger partial charge is 0.346 e. The van der Waals surface area contributed by atoms with Crippen molar-refractivity contribution in [2.75, 3.05) is 0 Å². The Bertz CT molecular complexity index is 570. The Labute approximate surface area is 116 Å². The summed E-state index contributed by atoms with van der Waals surface area (Å²) in [5.74, 6) is -0.0178. The Balaban J connectivity index is 1.93. The average molecular weight is 276 g/mol. The number of halogens is 1. The van der Waals surface area contributed by atoms with Crippen LogP contribution in [0, 0.1) is 5.82 Å². The van der Waals surface area contributed by atoms with Crippen LogP contribution in [-0.4, -0.2) is 21.1 Å². The molecule has 0 aliphatic rings. The van der Waals surface area contributed by atoms with Crippen molar-refractivity contribution in [2.24, 2.45) is 0 Å². The van der Waals surface area contributed by atoms with Crippen molar-refractivity contribution in [3.63, 3.8) is 0 Å². The molecule has 0 aliphatic carbocycles. The van der Waals surface area contributed by atoms with Crippen LogP contribution in [0.5, 0.6) is 0 Å². The first-order valence-corrected chi connectivity index (χ1v) is 6.47. The van der Waals surface area contributed by atoms with E-state index in [0.29, 0.717) is 11.4 Å². The maximum atomic E-state index is 13.6. The molecule has 106 valence electrons. The van der Waals surface area contributed by atoms with Gasteiger partial charge >= 0.3 is 0 Å². The second kappa shape index (κ2) is 6.27. The van der Waals surface area contributed by atoms with Gasteiger partial charge in [0.05, 0.1) is 6.04 Å². The fourth-order valence-electron chi connectivity index (χ4n) is 2.06. The molecule has 0 radical (unpaired) electrons. The molecule has 1 amide bonds. The first-order valence-electron chi connectivity index (χ1n) is 6.47. The maximum Gasteiger partial charge on any atom is 0.221 e. The lowest BCUT2D eigenvalue weighted by Gasteiger charge is -2.15. The van der Waals surface area contributed by atoms with Crippen molar-refractivity contribution >= 4 is 5.91 Å². The molecule has 20 heavy (non-hydrogen) atoms. The molecule has 2 N–H and O–H groups in total. The highest BCUT2D eigenvalue weighted by Crippen LogP contribution is 2.22. The Morgan fingerprint density at radius 3 is 2.80 bits per heavy atom. The van der Waals surface area contributed by atoms with Gasteiger partial charge in [-0.25, -0.2) is 9.37 Å². The molecule has 1 heterocycles. The van der Waals surface area contributed by atoms with E-state index in [2.05, 4.69) is 20.5 Å². The number of hydrogen-bond donors (Lipinski definition) is 2. The van der Waals surface area contributed by atoms with Crippen molar-refractivity contribution in [1.29, 1.82) is 0 Å². The lowest BCUT2D eigenvalue weighted by Crippen LogP contribution is -2.28. The number of rotatable bonds is 5. The number of H-pyrrole nitrogens is 1. The predicted molar refractivity (Wildman–Crippen MR) is 72.4 cm³/mol. The molecule has 1 aromatic carbocycles. The summed E-state index contributed by atoms with van der Waals surface area (Å²) >= 11 is 0. The summed E-state index contributed by atoms with van der Waals surface area (Å²) in [6.07, 6.45) is 1.61. The van der Waals surface area contributed by atoms with Crippen molar-refractivity contribution in [1.82, 2.24) is 20.5 Å². The van der Waals surface area contributed by atoms with Crippen LogP contribution in [0.4, 0.5) is 4.39 Å². The third-order valence-corrected chi connectivity index (χ3v) is 3.15. The lowest BCUT2D eigenvalue weighted by atomic mass is 9.97. The minimum atomic E-state index is -0.281. The maximum absolute atomic E-state index is 13.6. The summed E-state index contributed by atoms with van der Waals surface area (Å²) in [6.45, 7) is 3.64. The number of nitrogens with zero attached hydrogens (tertiary/aromatic N) is 2. The van der Waals surface area contributed by atoms with Gasteiger partial charge in [0.25, 0.3) is 0 Å². The van der Waals surface area contributed by atoms with Crippen molar-refractivity contribution in [3.05, 3.63) is 47.8 Å². The van der Waals surface area contributed by atoms with E-state index >= 15 is 0 Å². The van der Waals surface area contributed by atoms with Gasteiger partial charge in [0.15, 0.2) is 0 Å². The first kappa shape index (κ1) is 14.2. The molecule has 2 aromatic rings. The Hall–Kier alpha value is -2.24. The molecule has 0 spiro atoms. The number of aromatic amines is 1. The molecule has 0 saturated carbocycles. The molecule has 2 rings (SSSR count). The molecule has 5 nitrogen and oxygen atoms in total. The van der Waals surface area contributed by atoms with Crippen LogP contribution in [0.1, 0.15) is 43.6 Å². The number of carbonyl (C=O) groups is 1. The van der Waals surface area contributed by atoms with Gasteiger partial charge in [-0.15, -0.1) is 0 Å². The average Bonchev–Trinajstić information content (AvgIpc) is 2.92. The highest BCUT2D eigenvalue weighted by molar-refractivity contribution is 5.77. The normalized spacial score (nSPS) is 13.8. The Morgan fingerprint density at radius 1 is 1.40 bits per heavy atom. The highest BCUT2D eigenvalue weighted by atomic mass is 19.1. The van der Waals surface area contributed by atoms with E-state index in [1.165, 1.54) is 12.4 Å². The molecule has 0 aliphatic heterocycles. The zero-order valence-corrected chi connectivity index (χ0v) is 11.4. The van der Waals surface area contributed by atoms with E-state index in [0.717, 1.165) is 0 Å². The smallest absolute Gasteiger partial charge is 0.221 e. The summed E-state index contributed by atoms with van der Waals surface area (Å²) in [7, 11) is 0. The number of hydrogen-bond acceptors (Lipinski definition) is 3. The van der Waals surface area contributed by atoms with Crippen LogP contribution >= 0.6 is 0 Å². The zero-order chi connectivity index (χ0) is 14.5. The molecular weight excluding hydrogens is 259 g/mol. The monoisotopic (exact) mass is 276 g/mol. The van der Waals surface area contributed by atoms with E-state index in [9.17, 15) is 9.18 Å². The third kappa shape index (κ3) is 3.40. The standard InChI is InChI=1S/C14H17FN4O/c1-9(11-5-3-4-6-12(11)15)7-13(20)18-10(2)14-16-8-17-19-14/h3-6,8-10H,7H2,1-2H3,(H,18,20)(H,16,17,19)/t9-,10-/m0/s1. The SMILES string of the molecule is C[C@H](NC(=O)C[C@H](C)c1ccccc1F)c1ncn[nH]1. The number of amides is 1. The number of benzene rings is 1. The fourth-order valence-corrected chi connectivity index (χ4v) is 2.06. The summed E-state index contributed by atoms with van der Waals surface area (Å²) in [6, 6.07) is 6.26. The fraction of sp³-hybridized carbons (Fsp3) is 0.357. The Morgan fingerprint density at radius 2 is 2.15 bits per heavy atom. The van der Waals surface area contributed by atoms with E-state index in [1.54, 1.807) is 18.2 Å². The van der Waals surface area contributed by atoms with E-state index in [1.807, 2.05) is 13.8 Å². The van der Waals surface area contributed by atoms with Gasteiger partial charge in [-0.1, -0.05) is 25.1 Å². The lowest BCUT2D eigenvalue weighted by molar-refractivity contribution is -0.122. The molecule has 2 atom stereocenters. The predicted octanol–water partition coefficient (Wildman–Crippen LogP) is 2.31. The van der Waals surface area contributed by atoms with Gasteiger partial charge in [0.2, 0.25) is 5.91 Å². The van der Waals surface area contributed by atoms with Crippen molar-refractivity contribution in [3.8, 4) is 0 Å². The van der Waals surface area contributed by atoms with Crippen LogP contribution in [0.3, 0.4) is 0 Å².